The molecule has 1 atom stereocenters. The molecule has 2 rings (SSSR count). The number of hydrogen-bond acceptors (Lipinski definition) is 4. The molecule has 0 aliphatic rings. The van der Waals surface area contributed by atoms with E-state index in [1.165, 1.54) is 4.68 Å². The smallest absolute Gasteiger partial charge is 0.230 e. The number of aromatic nitrogens is 2. The highest BCUT2D eigenvalue weighted by molar-refractivity contribution is 7.84. The number of nitrogens with zero attached hydrogens (tertiary/aromatic N) is 2. The fourth-order valence-electron chi connectivity index (χ4n) is 1.55. The van der Waals surface area contributed by atoms with Crippen LogP contribution in [-0.4, -0.2) is 15.2 Å². The first kappa shape index (κ1) is 12.8. The molecule has 6 heteroatoms. The number of rotatable bonds is 5. The quantitative estimate of drug-likeness (QED) is 0.729. The Kier molecular flexibility index (Phi) is 4.09. The molecule has 0 radical (unpaired) electrons. The summed E-state index contributed by atoms with van der Waals surface area (Å²) in [5.41, 5.74) is 1.48. The minimum Gasteiger partial charge on any atom is -0.539 e. The van der Waals surface area contributed by atoms with Gasteiger partial charge in [-0.1, -0.05) is 35.0 Å². The van der Waals surface area contributed by atoms with Crippen LogP contribution in [0.1, 0.15) is 11.3 Å². The highest BCUT2D eigenvalue weighted by atomic mass is 32.2. The van der Waals surface area contributed by atoms with E-state index in [1.807, 2.05) is 30.3 Å². The Labute approximate surface area is 107 Å². The summed E-state index contributed by atoms with van der Waals surface area (Å²) in [7, 11) is -0.975. The van der Waals surface area contributed by atoms with E-state index in [2.05, 4.69) is 9.79 Å². The van der Waals surface area contributed by atoms with Gasteiger partial charge in [0.2, 0.25) is 5.69 Å². The van der Waals surface area contributed by atoms with Gasteiger partial charge in [0.05, 0.1) is 11.0 Å². The average Bonchev–Trinajstić information content (AvgIpc) is 2.69. The van der Waals surface area contributed by atoms with Crippen LogP contribution >= 0.6 is 0 Å². The third-order valence-corrected chi connectivity index (χ3v) is 3.90. The first-order valence-corrected chi connectivity index (χ1v) is 7.08. The lowest BCUT2D eigenvalue weighted by Crippen LogP contribution is -2.40. The number of benzene rings is 1. The van der Waals surface area contributed by atoms with Gasteiger partial charge >= 0.3 is 0 Å². The van der Waals surface area contributed by atoms with Crippen LogP contribution < -0.4 is 9.79 Å². The zero-order valence-corrected chi connectivity index (χ0v) is 10.9. The summed E-state index contributed by atoms with van der Waals surface area (Å²) in [5, 5.41) is 14.6. The summed E-state index contributed by atoms with van der Waals surface area (Å²) in [6.45, 7) is 2.07. The largest absolute Gasteiger partial charge is 0.539 e. The molecule has 0 fully saturated rings. The van der Waals surface area contributed by atoms with Crippen molar-refractivity contribution in [3.63, 3.8) is 0 Å². The normalized spacial score (nSPS) is 12.5. The fraction of sp³-hybridized carbons (Fsp3) is 0.333. The van der Waals surface area contributed by atoms with E-state index in [-0.39, 0.29) is 0 Å². The summed E-state index contributed by atoms with van der Waals surface area (Å²) in [6, 6.07) is 9.67. The van der Waals surface area contributed by atoms with Crippen LogP contribution in [0.5, 0.6) is 5.95 Å². The number of aryl methyl sites for hydroxylation is 1. The van der Waals surface area contributed by atoms with E-state index in [1.54, 1.807) is 6.92 Å². The van der Waals surface area contributed by atoms with Crippen molar-refractivity contribution in [3.8, 4) is 5.95 Å². The van der Waals surface area contributed by atoms with E-state index in [4.69, 9.17) is 0 Å². The van der Waals surface area contributed by atoms with E-state index in [9.17, 15) is 9.32 Å². The maximum atomic E-state index is 11.9. The van der Waals surface area contributed by atoms with Gasteiger partial charge < -0.3 is 9.63 Å². The van der Waals surface area contributed by atoms with E-state index < -0.39 is 16.7 Å². The molecular weight excluding hydrogens is 252 g/mol. The van der Waals surface area contributed by atoms with Crippen LogP contribution in [0.25, 0.3) is 0 Å². The van der Waals surface area contributed by atoms with Gasteiger partial charge in [-0.3, -0.25) is 4.21 Å². The molecule has 0 saturated carbocycles. The molecule has 0 N–H and O–H groups in total. The van der Waals surface area contributed by atoms with Crippen molar-refractivity contribution in [1.82, 2.24) is 5.27 Å². The van der Waals surface area contributed by atoms with Crippen molar-refractivity contribution in [2.24, 2.45) is 0 Å². The van der Waals surface area contributed by atoms with Crippen molar-refractivity contribution in [1.29, 1.82) is 0 Å². The lowest BCUT2D eigenvalue weighted by Gasteiger charge is -1.99. The average molecular weight is 266 g/mol. The predicted octanol–water partition coefficient (Wildman–Crippen LogP) is 0.293. The molecular formula is C12H14N2O3S. The van der Waals surface area contributed by atoms with Crippen LogP contribution in [0.3, 0.4) is 0 Å². The Morgan fingerprint density at radius 2 is 2.11 bits per heavy atom. The molecule has 96 valence electrons. The van der Waals surface area contributed by atoms with Gasteiger partial charge in [0.1, 0.15) is 0 Å². The standard InChI is InChI=1S/C12H14N2O3S/c1-10-12(15)17-13-14(10)7-8-18(16)9-11-5-3-2-4-6-11/h2-6H,7-9H2,1H3. The lowest BCUT2D eigenvalue weighted by molar-refractivity contribution is -0.763. The minimum absolute atomic E-state index is 0.428. The molecule has 18 heavy (non-hydrogen) atoms. The van der Waals surface area contributed by atoms with Crippen molar-refractivity contribution in [3.05, 3.63) is 41.6 Å². The summed E-state index contributed by atoms with van der Waals surface area (Å²) < 4.78 is 17.8. The maximum Gasteiger partial charge on any atom is 0.230 e. The first-order valence-electron chi connectivity index (χ1n) is 5.59. The molecule has 0 spiro atoms. The molecule has 2 aromatic rings. The molecule has 0 aliphatic carbocycles. The zero-order chi connectivity index (χ0) is 13.0. The third-order valence-electron chi connectivity index (χ3n) is 2.61. The molecule has 5 nitrogen and oxygen atoms in total. The van der Waals surface area contributed by atoms with Crippen molar-refractivity contribution in [2.75, 3.05) is 5.75 Å². The van der Waals surface area contributed by atoms with Crippen LogP contribution in [0, 0.1) is 6.92 Å². The van der Waals surface area contributed by atoms with Gasteiger partial charge in [-0.05, 0) is 5.56 Å². The minimum atomic E-state index is -0.975. The topological polar surface area (TPSA) is 70.0 Å². The van der Waals surface area contributed by atoms with Gasteiger partial charge in [-0.15, -0.1) is 0 Å². The van der Waals surface area contributed by atoms with Gasteiger partial charge in [-0.25, -0.2) is 0 Å². The molecule has 0 amide bonds. The summed E-state index contributed by atoms with van der Waals surface area (Å²) in [4.78, 5) is 0. The Hall–Kier alpha value is -1.69. The highest BCUT2D eigenvalue weighted by Gasteiger charge is 2.13. The van der Waals surface area contributed by atoms with Crippen LogP contribution in [0.15, 0.2) is 34.9 Å². The lowest BCUT2D eigenvalue weighted by atomic mass is 10.2. The molecule has 1 aromatic carbocycles. The van der Waals surface area contributed by atoms with Crippen molar-refractivity contribution >= 4 is 10.8 Å². The van der Waals surface area contributed by atoms with E-state index in [0.717, 1.165) is 5.56 Å². The predicted molar refractivity (Wildman–Crippen MR) is 64.0 cm³/mol. The molecule has 1 heterocycles. The molecule has 0 saturated heterocycles. The van der Waals surface area contributed by atoms with Crippen molar-refractivity contribution in [2.45, 2.75) is 19.2 Å². The second-order valence-electron chi connectivity index (χ2n) is 3.94. The van der Waals surface area contributed by atoms with Crippen molar-refractivity contribution < 1.29 is 18.5 Å². The molecule has 1 aromatic heterocycles. The first-order chi connectivity index (χ1) is 8.66. The van der Waals surface area contributed by atoms with Crippen LogP contribution in [0.4, 0.5) is 0 Å². The molecule has 0 aliphatic heterocycles. The second kappa shape index (κ2) is 5.77. The van der Waals surface area contributed by atoms with E-state index in [0.29, 0.717) is 23.7 Å². The van der Waals surface area contributed by atoms with Gasteiger partial charge in [0, 0.05) is 23.5 Å². The van der Waals surface area contributed by atoms with E-state index >= 15 is 0 Å². The SMILES string of the molecule is Cc1c([O-])on[n+]1CCS(=O)Cc1ccccc1. The Bertz CT molecular complexity index is 540. The Balaban J connectivity index is 1.87. The second-order valence-corrected chi connectivity index (χ2v) is 5.52. The maximum absolute atomic E-state index is 11.9. The monoisotopic (exact) mass is 266 g/mol. The van der Waals surface area contributed by atoms with Crippen LogP contribution in [-0.2, 0) is 23.1 Å². The Morgan fingerprint density at radius 1 is 1.39 bits per heavy atom. The summed E-state index contributed by atoms with van der Waals surface area (Å²) in [5.74, 6) is 0.526. The summed E-state index contributed by atoms with van der Waals surface area (Å²) in [6.07, 6.45) is 0. The number of hydrogen-bond donors (Lipinski definition) is 0. The molecule has 0 bridgehead atoms. The third kappa shape index (κ3) is 3.16. The van der Waals surface area contributed by atoms with Crippen LogP contribution in [0.2, 0.25) is 0 Å². The van der Waals surface area contributed by atoms with Gasteiger partial charge in [0.15, 0.2) is 12.5 Å². The highest BCUT2D eigenvalue weighted by Crippen LogP contribution is 2.05. The molecule has 1 unspecified atom stereocenters. The van der Waals surface area contributed by atoms with Gasteiger partial charge in [0.25, 0.3) is 0 Å². The zero-order valence-electron chi connectivity index (χ0n) is 10.0. The summed E-state index contributed by atoms with van der Waals surface area (Å²) >= 11 is 0. The Morgan fingerprint density at radius 3 is 2.72 bits per heavy atom. The van der Waals surface area contributed by atoms with Gasteiger partial charge in [-0.2, -0.15) is 0 Å². The fourth-order valence-corrected chi connectivity index (χ4v) is 2.63.